The van der Waals surface area contributed by atoms with Gasteiger partial charge in [-0.1, -0.05) is 72.4 Å². The standard InChI is InChI=1S/C26H22N8OS/c1-19(20-12-14-22(15-13-20)33-18-27-17-28-33)29-30-24(35)16-36-26-32-31-25(21-8-4-2-5-9-21)34(26)23-10-6-3-7-11-23/h2-15,17-18H,16H2,1H3,(H,30,35)/b29-19+. The van der Waals surface area contributed by atoms with Crippen molar-refractivity contribution in [2.24, 2.45) is 5.10 Å². The number of nitrogens with one attached hydrogen (secondary N) is 1. The molecule has 3 aromatic carbocycles. The van der Waals surface area contributed by atoms with Crippen molar-refractivity contribution in [2.45, 2.75) is 12.1 Å². The van der Waals surface area contributed by atoms with Crippen molar-refractivity contribution in [3.8, 4) is 22.8 Å². The van der Waals surface area contributed by atoms with E-state index in [4.69, 9.17) is 0 Å². The summed E-state index contributed by atoms with van der Waals surface area (Å²) in [7, 11) is 0. The summed E-state index contributed by atoms with van der Waals surface area (Å²) in [6.07, 6.45) is 3.12. The molecule has 0 aliphatic rings. The van der Waals surface area contributed by atoms with Crippen molar-refractivity contribution < 1.29 is 4.79 Å². The van der Waals surface area contributed by atoms with Crippen molar-refractivity contribution in [1.29, 1.82) is 0 Å². The van der Waals surface area contributed by atoms with Crippen LogP contribution < -0.4 is 5.43 Å². The molecule has 0 aliphatic carbocycles. The monoisotopic (exact) mass is 494 g/mol. The SMILES string of the molecule is C/C(=N\NC(=O)CSc1nnc(-c2ccccc2)n1-c1ccccc1)c1ccc(-n2cncn2)cc1. The quantitative estimate of drug-likeness (QED) is 0.198. The summed E-state index contributed by atoms with van der Waals surface area (Å²) >= 11 is 1.31. The molecule has 0 bridgehead atoms. The molecule has 0 fully saturated rings. The minimum atomic E-state index is -0.234. The number of carbonyl (C=O) groups excluding carboxylic acids is 1. The van der Waals surface area contributed by atoms with Crippen LogP contribution in [0.5, 0.6) is 0 Å². The first-order chi connectivity index (χ1) is 17.7. The molecule has 9 nitrogen and oxygen atoms in total. The lowest BCUT2D eigenvalue weighted by Crippen LogP contribution is -2.21. The molecule has 0 aliphatic heterocycles. The number of thioether (sulfide) groups is 1. The normalized spacial score (nSPS) is 11.4. The lowest BCUT2D eigenvalue weighted by molar-refractivity contribution is -0.118. The van der Waals surface area contributed by atoms with Crippen LogP contribution in [-0.2, 0) is 4.79 Å². The largest absolute Gasteiger partial charge is 0.272 e. The van der Waals surface area contributed by atoms with Gasteiger partial charge in [-0.2, -0.15) is 10.2 Å². The highest BCUT2D eigenvalue weighted by Gasteiger charge is 2.17. The molecule has 0 atom stereocenters. The molecule has 10 heteroatoms. The van der Waals surface area contributed by atoms with Crippen LogP contribution in [-0.4, -0.2) is 46.9 Å². The van der Waals surface area contributed by atoms with Crippen LogP contribution in [0.4, 0.5) is 0 Å². The maximum absolute atomic E-state index is 12.6. The number of rotatable bonds is 8. The lowest BCUT2D eigenvalue weighted by atomic mass is 10.1. The Hall–Kier alpha value is -4.57. The molecule has 1 N–H and O–H groups in total. The molecule has 0 unspecified atom stereocenters. The van der Waals surface area contributed by atoms with Crippen molar-refractivity contribution in [3.63, 3.8) is 0 Å². The zero-order chi connectivity index (χ0) is 24.7. The van der Waals surface area contributed by atoms with E-state index in [1.807, 2.05) is 96.4 Å². The number of aromatic nitrogens is 6. The van der Waals surface area contributed by atoms with Gasteiger partial charge in [0.05, 0.1) is 17.2 Å². The predicted octanol–water partition coefficient (Wildman–Crippen LogP) is 4.15. The van der Waals surface area contributed by atoms with Crippen LogP contribution >= 0.6 is 11.8 Å². The topological polar surface area (TPSA) is 103 Å². The van der Waals surface area contributed by atoms with Gasteiger partial charge in [-0.15, -0.1) is 10.2 Å². The van der Waals surface area contributed by atoms with E-state index in [9.17, 15) is 4.79 Å². The van der Waals surface area contributed by atoms with E-state index in [2.05, 4.69) is 30.8 Å². The molecule has 2 aromatic heterocycles. The van der Waals surface area contributed by atoms with Crippen LogP contribution in [0.3, 0.4) is 0 Å². The van der Waals surface area contributed by atoms with E-state index < -0.39 is 0 Å². The smallest absolute Gasteiger partial charge is 0.250 e. The van der Waals surface area contributed by atoms with E-state index >= 15 is 0 Å². The highest BCUT2D eigenvalue weighted by Crippen LogP contribution is 2.27. The first-order valence-corrected chi connectivity index (χ1v) is 12.2. The third-order valence-electron chi connectivity index (χ3n) is 5.33. The molecule has 5 aromatic rings. The third kappa shape index (κ3) is 5.23. The minimum Gasteiger partial charge on any atom is -0.272 e. The van der Waals surface area contributed by atoms with Crippen molar-refractivity contribution >= 4 is 23.4 Å². The Balaban J connectivity index is 1.27. The molecule has 0 saturated carbocycles. The third-order valence-corrected chi connectivity index (χ3v) is 6.26. The molecular formula is C26H22N8OS. The van der Waals surface area contributed by atoms with Gasteiger partial charge in [0.1, 0.15) is 12.7 Å². The van der Waals surface area contributed by atoms with Crippen molar-refractivity contribution in [3.05, 3.63) is 103 Å². The fraction of sp³-hybridized carbons (Fsp3) is 0.0769. The van der Waals surface area contributed by atoms with E-state index in [-0.39, 0.29) is 11.7 Å². The summed E-state index contributed by atoms with van der Waals surface area (Å²) in [5.41, 5.74) is 6.98. The summed E-state index contributed by atoms with van der Waals surface area (Å²) in [5, 5.41) is 17.8. The number of nitrogens with zero attached hydrogens (tertiary/aromatic N) is 7. The molecule has 36 heavy (non-hydrogen) atoms. The highest BCUT2D eigenvalue weighted by atomic mass is 32.2. The molecular weight excluding hydrogens is 472 g/mol. The number of amides is 1. The summed E-state index contributed by atoms with van der Waals surface area (Å²) < 4.78 is 3.63. The van der Waals surface area contributed by atoms with Crippen molar-refractivity contribution in [2.75, 3.05) is 5.75 Å². The van der Waals surface area contributed by atoms with Gasteiger partial charge in [0, 0.05) is 11.3 Å². The zero-order valence-corrected chi connectivity index (χ0v) is 20.2. The molecule has 5 rings (SSSR count). The van der Waals surface area contributed by atoms with Crippen LogP contribution in [0.25, 0.3) is 22.8 Å². The van der Waals surface area contributed by atoms with Gasteiger partial charge in [-0.05, 0) is 36.8 Å². The van der Waals surface area contributed by atoms with Gasteiger partial charge >= 0.3 is 0 Å². The van der Waals surface area contributed by atoms with Gasteiger partial charge in [0.2, 0.25) is 0 Å². The molecule has 0 saturated heterocycles. The zero-order valence-electron chi connectivity index (χ0n) is 19.4. The Bertz CT molecular complexity index is 1460. The summed E-state index contributed by atoms with van der Waals surface area (Å²) in [6, 6.07) is 27.4. The van der Waals surface area contributed by atoms with Crippen LogP contribution in [0, 0.1) is 0 Å². The second-order valence-electron chi connectivity index (χ2n) is 7.75. The van der Waals surface area contributed by atoms with Gasteiger partial charge in [-0.3, -0.25) is 9.36 Å². The maximum atomic E-state index is 12.6. The molecule has 0 spiro atoms. The number of carbonyl (C=O) groups is 1. The Kier molecular flexibility index (Phi) is 6.95. The number of hydrogen-bond acceptors (Lipinski definition) is 7. The molecule has 1 amide bonds. The maximum Gasteiger partial charge on any atom is 0.250 e. The van der Waals surface area contributed by atoms with Gasteiger partial charge in [0.25, 0.3) is 5.91 Å². The van der Waals surface area contributed by atoms with E-state index in [0.717, 1.165) is 22.5 Å². The van der Waals surface area contributed by atoms with Crippen LogP contribution in [0.1, 0.15) is 12.5 Å². The van der Waals surface area contributed by atoms with E-state index in [1.54, 1.807) is 11.0 Å². The number of para-hydroxylation sites is 1. The minimum absolute atomic E-state index is 0.141. The van der Waals surface area contributed by atoms with Crippen LogP contribution in [0.15, 0.2) is 108 Å². The number of benzene rings is 3. The van der Waals surface area contributed by atoms with Gasteiger partial charge in [-0.25, -0.2) is 15.1 Å². The Labute approximate surface area is 211 Å². The van der Waals surface area contributed by atoms with Crippen LogP contribution in [0.2, 0.25) is 0 Å². The van der Waals surface area contributed by atoms with Crippen molar-refractivity contribution in [1.82, 2.24) is 35.0 Å². The Morgan fingerprint density at radius 1 is 0.917 bits per heavy atom. The lowest BCUT2D eigenvalue weighted by Gasteiger charge is -2.10. The average molecular weight is 495 g/mol. The Morgan fingerprint density at radius 2 is 1.64 bits per heavy atom. The van der Waals surface area contributed by atoms with Gasteiger partial charge in [0.15, 0.2) is 11.0 Å². The summed E-state index contributed by atoms with van der Waals surface area (Å²) in [4.78, 5) is 16.5. The second kappa shape index (κ2) is 10.8. The highest BCUT2D eigenvalue weighted by molar-refractivity contribution is 7.99. The van der Waals surface area contributed by atoms with Gasteiger partial charge < -0.3 is 0 Å². The number of hydrogen-bond donors (Lipinski definition) is 1. The molecule has 0 radical (unpaired) electrons. The second-order valence-corrected chi connectivity index (χ2v) is 8.69. The number of hydrazone groups is 1. The first kappa shape index (κ1) is 23.2. The van der Waals surface area contributed by atoms with E-state index in [1.165, 1.54) is 18.1 Å². The summed E-state index contributed by atoms with van der Waals surface area (Å²) in [6.45, 7) is 1.84. The molecule has 2 heterocycles. The Morgan fingerprint density at radius 3 is 2.33 bits per heavy atom. The van der Waals surface area contributed by atoms with E-state index in [0.29, 0.717) is 16.7 Å². The first-order valence-electron chi connectivity index (χ1n) is 11.2. The molecule has 178 valence electrons. The summed E-state index contributed by atoms with van der Waals surface area (Å²) in [5.74, 6) is 0.622. The predicted molar refractivity (Wildman–Crippen MR) is 139 cm³/mol. The average Bonchev–Trinajstić information content (AvgIpc) is 3.62. The fourth-order valence-corrected chi connectivity index (χ4v) is 4.26. The fourth-order valence-electron chi connectivity index (χ4n) is 3.52.